The van der Waals surface area contributed by atoms with Crippen LogP contribution in [0.1, 0.15) is 52.4 Å². The molecule has 1 aromatic carbocycles. The molecule has 2 nitrogen and oxygen atoms in total. The van der Waals surface area contributed by atoms with Crippen LogP contribution in [-0.4, -0.2) is 17.6 Å². The molecule has 0 aliphatic carbocycles. The maximum Gasteiger partial charge on any atom is 0.105 e. The Labute approximate surface area is 124 Å². The Kier molecular flexibility index (Phi) is 5.97. The maximum absolute atomic E-state index is 2.50. The minimum Gasteiger partial charge on any atom is -0.356 e. The summed E-state index contributed by atoms with van der Waals surface area (Å²) in [4.78, 5) is 4.93. The van der Waals surface area contributed by atoms with Gasteiger partial charge in [0.1, 0.15) is 6.17 Å². The highest BCUT2D eigenvalue weighted by Crippen LogP contribution is 2.27. The number of rotatable bonds is 8. The number of nitrogens with zero attached hydrogens (tertiary/aromatic N) is 2. The van der Waals surface area contributed by atoms with Gasteiger partial charge < -0.3 is 9.80 Å². The van der Waals surface area contributed by atoms with Crippen molar-refractivity contribution in [1.29, 1.82) is 0 Å². The normalized spacial score (nSPS) is 18.0. The standard InChI is InChI=1S/C18H28N2/c1-3-5-6-10-13-18-19(14-4-2)15-16-20(18)17-11-8-7-9-12-17/h7-9,11-12,15-16,18H,3-6,10,13-14H2,1-2H3. The van der Waals surface area contributed by atoms with Crippen molar-refractivity contribution in [1.82, 2.24) is 4.90 Å². The molecule has 1 aliphatic rings. The van der Waals surface area contributed by atoms with Crippen LogP contribution >= 0.6 is 0 Å². The van der Waals surface area contributed by atoms with Crippen LogP contribution in [0.15, 0.2) is 42.7 Å². The van der Waals surface area contributed by atoms with Gasteiger partial charge in [0.25, 0.3) is 0 Å². The van der Waals surface area contributed by atoms with Gasteiger partial charge in [-0.15, -0.1) is 0 Å². The average molecular weight is 272 g/mol. The molecule has 110 valence electrons. The highest BCUT2D eigenvalue weighted by molar-refractivity contribution is 5.51. The Morgan fingerprint density at radius 3 is 2.40 bits per heavy atom. The van der Waals surface area contributed by atoms with Crippen molar-refractivity contribution in [2.45, 2.75) is 58.5 Å². The summed E-state index contributed by atoms with van der Waals surface area (Å²) in [5.74, 6) is 0. The fraction of sp³-hybridized carbons (Fsp3) is 0.556. The van der Waals surface area contributed by atoms with Gasteiger partial charge in [0.05, 0.1) is 0 Å². The van der Waals surface area contributed by atoms with Crippen LogP contribution in [0.4, 0.5) is 5.69 Å². The van der Waals surface area contributed by atoms with E-state index in [9.17, 15) is 0 Å². The first-order valence-electron chi connectivity index (χ1n) is 8.14. The molecule has 0 N–H and O–H groups in total. The monoisotopic (exact) mass is 272 g/mol. The van der Waals surface area contributed by atoms with Gasteiger partial charge >= 0.3 is 0 Å². The highest BCUT2D eigenvalue weighted by Gasteiger charge is 2.25. The molecule has 0 fully saturated rings. The summed E-state index contributed by atoms with van der Waals surface area (Å²) in [6.07, 6.45) is 12.8. The van der Waals surface area contributed by atoms with Crippen molar-refractivity contribution in [2.75, 3.05) is 11.4 Å². The maximum atomic E-state index is 2.50. The van der Waals surface area contributed by atoms with Gasteiger partial charge in [-0.2, -0.15) is 0 Å². The van der Waals surface area contributed by atoms with E-state index in [1.54, 1.807) is 0 Å². The number of hydrogen-bond donors (Lipinski definition) is 0. The largest absolute Gasteiger partial charge is 0.356 e. The molecule has 0 radical (unpaired) electrons. The zero-order valence-corrected chi connectivity index (χ0v) is 13.0. The second-order valence-corrected chi connectivity index (χ2v) is 5.61. The van der Waals surface area contributed by atoms with Gasteiger partial charge in [-0.05, 0) is 31.4 Å². The molecule has 0 aromatic heterocycles. The van der Waals surface area contributed by atoms with Crippen molar-refractivity contribution < 1.29 is 0 Å². The Balaban J connectivity index is 2.00. The van der Waals surface area contributed by atoms with E-state index >= 15 is 0 Å². The smallest absolute Gasteiger partial charge is 0.105 e. The molecule has 1 unspecified atom stereocenters. The van der Waals surface area contributed by atoms with E-state index in [-0.39, 0.29) is 0 Å². The second-order valence-electron chi connectivity index (χ2n) is 5.61. The van der Waals surface area contributed by atoms with Gasteiger partial charge in [-0.1, -0.05) is 51.3 Å². The minimum atomic E-state index is 0.509. The van der Waals surface area contributed by atoms with Crippen molar-refractivity contribution in [3.05, 3.63) is 42.7 Å². The molecule has 0 saturated heterocycles. The Morgan fingerprint density at radius 2 is 1.70 bits per heavy atom. The summed E-state index contributed by atoms with van der Waals surface area (Å²) in [6.45, 7) is 5.68. The summed E-state index contributed by atoms with van der Waals surface area (Å²) in [6, 6.07) is 10.8. The summed E-state index contributed by atoms with van der Waals surface area (Å²) in [7, 11) is 0. The van der Waals surface area contributed by atoms with E-state index in [0.717, 1.165) is 6.54 Å². The van der Waals surface area contributed by atoms with E-state index in [2.05, 4.69) is 66.4 Å². The third-order valence-corrected chi connectivity index (χ3v) is 3.97. The Bertz CT molecular complexity index is 399. The van der Waals surface area contributed by atoms with E-state index in [1.807, 2.05) is 0 Å². The fourth-order valence-corrected chi connectivity index (χ4v) is 2.91. The SMILES string of the molecule is CCCCCCC1N(CCC)C=CN1c1ccccc1. The molecule has 0 spiro atoms. The van der Waals surface area contributed by atoms with Crippen LogP contribution in [0.5, 0.6) is 0 Å². The molecule has 1 heterocycles. The molecular formula is C18H28N2. The molecule has 2 heteroatoms. The molecule has 1 aromatic rings. The first kappa shape index (κ1) is 15.0. The van der Waals surface area contributed by atoms with Gasteiger partial charge in [0.2, 0.25) is 0 Å². The van der Waals surface area contributed by atoms with Crippen LogP contribution in [0.3, 0.4) is 0 Å². The first-order valence-corrected chi connectivity index (χ1v) is 8.14. The zero-order chi connectivity index (χ0) is 14.2. The van der Waals surface area contributed by atoms with Crippen molar-refractivity contribution in [3.63, 3.8) is 0 Å². The molecular weight excluding hydrogens is 244 g/mol. The van der Waals surface area contributed by atoms with E-state index < -0.39 is 0 Å². The molecule has 0 bridgehead atoms. The van der Waals surface area contributed by atoms with Gasteiger partial charge in [-0.3, -0.25) is 0 Å². The fourth-order valence-electron chi connectivity index (χ4n) is 2.91. The van der Waals surface area contributed by atoms with E-state index in [4.69, 9.17) is 0 Å². The third kappa shape index (κ3) is 3.78. The van der Waals surface area contributed by atoms with Crippen LogP contribution < -0.4 is 4.90 Å². The lowest BCUT2D eigenvalue weighted by Gasteiger charge is -2.33. The molecule has 1 atom stereocenters. The number of para-hydroxylation sites is 1. The van der Waals surface area contributed by atoms with E-state index in [1.165, 1.54) is 44.2 Å². The lowest BCUT2D eigenvalue weighted by Crippen LogP contribution is -2.39. The van der Waals surface area contributed by atoms with Crippen molar-refractivity contribution >= 4 is 5.69 Å². The van der Waals surface area contributed by atoms with Crippen LogP contribution in [-0.2, 0) is 0 Å². The second kappa shape index (κ2) is 7.98. The van der Waals surface area contributed by atoms with Gasteiger partial charge in [0, 0.05) is 24.6 Å². The summed E-state index contributed by atoms with van der Waals surface area (Å²) >= 11 is 0. The quantitative estimate of drug-likeness (QED) is 0.615. The lowest BCUT2D eigenvalue weighted by molar-refractivity contribution is 0.280. The lowest BCUT2D eigenvalue weighted by atomic mass is 10.1. The number of unbranched alkanes of at least 4 members (excludes halogenated alkanes) is 3. The Hall–Kier alpha value is -1.44. The summed E-state index contributed by atoms with van der Waals surface area (Å²) in [5.41, 5.74) is 1.31. The zero-order valence-electron chi connectivity index (χ0n) is 13.0. The Morgan fingerprint density at radius 1 is 0.900 bits per heavy atom. The molecule has 0 amide bonds. The summed E-state index contributed by atoms with van der Waals surface area (Å²) in [5, 5.41) is 0. The van der Waals surface area contributed by atoms with Crippen LogP contribution in [0.2, 0.25) is 0 Å². The average Bonchev–Trinajstić information content (AvgIpc) is 2.88. The number of benzene rings is 1. The molecule has 2 rings (SSSR count). The number of hydrogen-bond acceptors (Lipinski definition) is 2. The topological polar surface area (TPSA) is 6.48 Å². The minimum absolute atomic E-state index is 0.509. The molecule has 1 aliphatic heterocycles. The molecule has 0 saturated carbocycles. The number of anilines is 1. The summed E-state index contributed by atoms with van der Waals surface area (Å²) < 4.78 is 0. The molecule has 20 heavy (non-hydrogen) atoms. The highest BCUT2D eigenvalue weighted by atomic mass is 15.4. The predicted octanol–water partition coefficient (Wildman–Crippen LogP) is 4.99. The van der Waals surface area contributed by atoms with Crippen molar-refractivity contribution in [2.24, 2.45) is 0 Å². The van der Waals surface area contributed by atoms with Gasteiger partial charge in [0.15, 0.2) is 0 Å². The van der Waals surface area contributed by atoms with Gasteiger partial charge in [-0.25, -0.2) is 0 Å². The first-order chi connectivity index (χ1) is 9.86. The van der Waals surface area contributed by atoms with Crippen LogP contribution in [0, 0.1) is 0 Å². The van der Waals surface area contributed by atoms with E-state index in [0.29, 0.717) is 6.17 Å². The van der Waals surface area contributed by atoms with Crippen molar-refractivity contribution in [3.8, 4) is 0 Å². The third-order valence-electron chi connectivity index (χ3n) is 3.97. The van der Waals surface area contributed by atoms with Crippen LogP contribution in [0.25, 0.3) is 0 Å². The predicted molar refractivity (Wildman–Crippen MR) is 87.6 cm³/mol.